The molecule has 11 nitrogen and oxygen atoms in total. The van der Waals surface area contributed by atoms with Crippen LogP contribution in [0.15, 0.2) is 36.5 Å². The van der Waals surface area contributed by atoms with E-state index in [1.54, 1.807) is 25.4 Å². The average molecular weight is 515 g/mol. The third-order valence-corrected chi connectivity index (χ3v) is 7.09. The average Bonchev–Trinajstić information content (AvgIpc) is 3.51. The van der Waals surface area contributed by atoms with E-state index in [2.05, 4.69) is 35.9 Å². The zero-order valence-electron chi connectivity index (χ0n) is 19.9. The Hall–Kier alpha value is -3.42. The molecule has 5 rings (SSSR count). The summed E-state index contributed by atoms with van der Waals surface area (Å²) in [4.78, 5) is 17.0. The minimum absolute atomic E-state index is 0.0779. The molecule has 0 aliphatic carbocycles. The minimum Gasteiger partial charge on any atom is -0.378 e. The van der Waals surface area contributed by atoms with Crippen molar-refractivity contribution in [2.24, 2.45) is 0 Å². The fourth-order valence-corrected chi connectivity index (χ4v) is 5.06. The normalized spacial score (nSPS) is 18.7. The summed E-state index contributed by atoms with van der Waals surface area (Å²) < 4.78 is 25.1. The van der Waals surface area contributed by atoms with E-state index in [0.717, 1.165) is 25.3 Å². The smallest absolute Gasteiger partial charge is 0.259 e. The van der Waals surface area contributed by atoms with Gasteiger partial charge in [-0.05, 0) is 36.2 Å². The lowest BCUT2D eigenvalue weighted by Crippen LogP contribution is -2.52. The Morgan fingerprint density at radius 3 is 2.72 bits per heavy atom. The number of ether oxygens (including phenoxy) is 2. The lowest BCUT2D eigenvalue weighted by Gasteiger charge is -2.40. The second-order valence-corrected chi connectivity index (χ2v) is 9.63. The minimum atomic E-state index is -0.931. The Bertz CT molecular complexity index is 1190. The van der Waals surface area contributed by atoms with Crippen molar-refractivity contribution in [3.63, 3.8) is 0 Å². The van der Waals surface area contributed by atoms with Crippen LogP contribution in [-0.2, 0) is 14.3 Å². The molecule has 4 heterocycles. The number of nitrogens with zero attached hydrogens (tertiary/aromatic N) is 6. The van der Waals surface area contributed by atoms with Crippen molar-refractivity contribution in [3.8, 4) is 0 Å². The standard InChI is InChI=1S/C23H27FN8O3S/c1-34-16-12-32(13-16)18-10-14(5-6-17(18)24)20(35-2)21(33)27-23-30-29-22(36-23)26-15-7-9-31(11-15)19-4-3-8-25-28-19/h3-6,8,10,15-16,20H,7,9,11-13H2,1-2H3,(H,26,29)(H,27,30,33)/t15-,20+/m1/s1. The monoisotopic (exact) mass is 514 g/mol. The van der Waals surface area contributed by atoms with Crippen LogP contribution in [0.3, 0.4) is 0 Å². The number of benzene rings is 1. The number of anilines is 4. The lowest BCUT2D eigenvalue weighted by molar-refractivity contribution is -0.126. The van der Waals surface area contributed by atoms with Crippen molar-refractivity contribution in [1.82, 2.24) is 20.4 Å². The summed E-state index contributed by atoms with van der Waals surface area (Å²) in [5.41, 5.74) is 0.968. The fourth-order valence-electron chi connectivity index (χ4n) is 4.34. The molecule has 0 spiro atoms. The summed E-state index contributed by atoms with van der Waals surface area (Å²) >= 11 is 1.24. The van der Waals surface area contributed by atoms with Gasteiger partial charge in [-0.25, -0.2) is 4.39 Å². The number of carbonyl (C=O) groups is 1. The molecule has 2 N–H and O–H groups in total. The van der Waals surface area contributed by atoms with Crippen molar-refractivity contribution in [1.29, 1.82) is 0 Å². The zero-order valence-corrected chi connectivity index (χ0v) is 20.7. The van der Waals surface area contributed by atoms with Gasteiger partial charge in [0.2, 0.25) is 10.3 Å². The highest BCUT2D eigenvalue weighted by molar-refractivity contribution is 7.19. The molecule has 0 saturated carbocycles. The van der Waals surface area contributed by atoms with E-state index in [9.17, 15) is 9.18 Å². The number of amides is 1. The molecule has 2 aliphatic rings. The van der Waals surface area contributed by atoms with E-state index in [-0.39, 0.29) is 18.0 Å². The van der Waals surface area contributed by atoms with E-state index >= 15 is 0 Å². The SMILES string of the molecule is COC1CN(c2cc([C@H](OC)C(=O)Nc3nnc(N[C@@H]4CCN(c5cccnn5)C4)s3)ccc2F)C1. The summed E-state index contributed by atoms with van der Waals surface area (Å²) in [6.45, 7) is 2.82. The number of hydrogen-bond donors (Lipinski definition) is 2. The van der Waals surface area contributed by atoms with Crippen LogP contribution in [0, 0.1) is 5.82 Å². The molecular formula is C23H27FN8O3S. The van der Waals surface area contributed by atoms with E-state index < -0.39 is 12.0 Å². The molecule has 3 aromatic rings. The first kappa shape index (κ1) is 24.3. The summed E-state index contributed by atoms with van der Waals surface area (Å²) in [7, 11) is 3.07. The molecule has 36 heavy (non-hydrogen) atoms. The number of carbonyl (C=O) groups excluding carboxylic acids is 1. The molecule has 1 amide bonds. The third kappa shape index (κ3) is 5.22. The number of halogens is 1. The van der Waals surface area contributed by atoms with Crippen molar-refractivity contribution in [2.75, 3.05) is 60.8 Å². The third-order valence-electron chi connectivity index (χ3n) is 6.32. The Morgan fingerprint density at radius 1 is 1.14 bits per heavy atom. The molecule has 0 bridgehead atoms. The maximum absolute atomic E-state index is 14.4. The van der Waals surface area contributed by atoms with Gasteiger partial charge in [0.15, 0.2) is 11.9 Å². The van der Waals surface area contributed by atoms with Gasteiger partial charge in [-0.1, -0.05) is 17.4 Å². The van der Waals surface area contributed by atoms with Gasteiger partial charge in [0, 0.05) is 52.6 Å². The van der Waals surface area contributed by atoms with Gasteiger partial charge in [-0.2, -0.15) is 5.10 Å². The highest BCUT2D eigenvalue weighted by atomic mass is 32.1. The first-order chi connectivity index (χ1) is 17.5. The quantitative estimate of drug-likeness (QED) is 0.440. The second-order valence-electron chi connectivity index (χ2n) is 8.65. The molecule has 2 aliphatic heterocycles. The number of hydrogen-bond acceptors (Lipinski definition) is 11. The number of rotatable bonds is 9. The van der Waals surface area contributed by atoms with Gasteiger partial charge in [0.1, 0.15) is 5.82 Å². The summed E-state index contributed by atoms with van der Waals surface area (Å²) in [6, 6.07) is 8.52. The van der Waals surface area contributed by atoms with Crippen LogP contribution in [0.5, 0.6) is 0 Å². The van der Waals surface area contributed by atoms with Gasteiger partial charge in [0.25, 0.3) is 5.91 Å². The molecule has 2 aromatic heterocycles. The van der Waals surface area contributed by atoms with Crippen molar-refractivity contribution in [2.45, 2.75) is 24.7 Å². The Balaban J connectivity index is 1.19. The van der Waals surface area contributed by atoms with Crippen LogP contribution in [0.4, 0.5) is 26.2 Å². The van der Waals surface area contributed by atoms with E-state index in [4.69, 9.17) is 9.47 Å². The van der Waals surface area contributed by atoms with Crippen molar-refractivity contribution < 1.29 is 18.7 Å². The molecule has 2 atom stereocenters. The van der Waals surface area contributed by atoms with Crippen LogP contribution in [0.1, 0.15) is 18.1 Å². The van der Waals surface area contributed by atoms with E-state index in [1.165, 1.54) is 24.5 Å². The zero-order chi connectivity index (χ0) is 25.1. The molecule has 0 unspecified atom stereocenters. The van der Waals surface area contributed by atoms with Crippen LogP contribution < -0.4 is 20.4 Å². The molecule has 13 heteroatoms. The molecule has 2 saturated heterocycles. The van der Waals surface area contributed by atoms with Gasteiger partial charge < -0.3 is 24.6 Å². The van der Waals surface area contributed by atoms with Crippen LogP contribution in [0.25, 0.3) is 0 Å². The molecule has 0 radical (unpaired) electrons. The number of methoxy groups -OCH3 is 2. The summed E-state index contributed by atoms with van der Waals surface area (Å²) in [5.74, 6) is 0.0771. The summed E-state index contributed by atoms with van der Waals surface area (Å²) in [6.07, 6.45) is 1.71. The lowest BCUT2D eigenvalue weighted by atomic mass is 10.0. The Labute approximate surface area is 211 Å². The first-order valence-corrected chi connectivity index (χ1v) is 12.4. The highest BCUT2D eigenvalue weighted by Crippen LogP contribution is 2.31. The van der Waals surface area contributed by atoms with Gasteiger partial charge >= 0.3 is 0 Å². The second kappa shape index (κ2) is 10.7. The largest absolute Gasteiger partial charge is 0.378 e. The molecule has 2 fully saturated rings. The van der Waals surface area contributed by atoms with E-state index in [0.29, 0.717) is 34.6 Å². The van der Waals surface area contributed by atoms with Gasteiger partial charge in [-0.3, -0.25) is 10.1 Å². The van der Waals surface area contributed by atoms with E-state index in [1.807, 2.05) is 17.0 Å². The van der Waals surface area contributed by atoms with Gasteiger partial charge in [-0.15, -0.1) is 15.3 Å². The first-order valence-electron chi connectivity index (χ1n) is 11.6. The predicted octanol–water partition coefficient (Wildman–Crippen LogP) is 2.32. The number of aromatic nitrogens is 4. The van der Waals surface area contributed by atoms with Crippen LogP contribution >= 0.6 is 11.3 Å². The Kier molecular flexibility index (Phi) is 7.20. The molecule has 1 aromatic carbocycles. The maximum Gasteiger partial charge on any atom is 0.259 e. The maximum atomic E-state index is 14.4. The Morgan fingerprint density at radius 2 is 1.97 bits per heavy atom. The van der Waals surface area contributed by atoms with Gasteiger partial charge in [0.05, 0.1) is 11.8 Å². The fraction of sp³-hybridized carbons (Fsp3) is 0.435. The van der Waals surface area contributed by atoms with Crippen LogP contribution in [-0.4, -0.2) is 78.8 Å². The molecular weight excluding hydrogens is 487 g/mol. The molecule has 190 valence electrons. The topological polar surface area (TPSA) is 118 Å². The van der Waals surface area contributed by atoms with Crippen molar-refractivity contribution >= 4 is 39.0 Å². The van der Waals surface area contributed by atoms with Crippen LogP contribution in [0.2, 0.25) is 0 Å². The van der Waals surface area contributed by atoms with Crippen molar-refractivity contribution in [3.05, 3.63) is 47.9 Å². The highest BCUT2D eigenvalue weighted by Gasteiger charge is 2.30. The summed E-state index contributed by atoms with van der Waals surface area (Å²) in [5, 5.41) is 23.4. The number of nitrogens with one attached hydrogen (secondary N) is 2. The predicted molar refractivity (Wildman–Crippen MR) is 134 cm³/mol.